The highest BCUT2D eigenvalue weighted by atomic mass is 32.1. The molecule has 0 radical (unpaired) electrons. The highest BCUT2D eigenvalue weighted by Crippen LogP contribution is 2.22. The number of piperidine rings is 1. The zero-order chi connectivity index (χ0) is 14.5. The lowest BCUT2D eigenvalue weighted by atomic mass is 10.0. The molecular weight excluding hydrogens is 276 g/mol. The van der Waals surface area contributed by atoms with Crippen molar-refractivity contribution in [1.82, 2.24) is 10.2 Å². The van der Waals surface area contributed by atoms with Crippen LogP contribution in [0.15, 0.2) is 17.5 Å². The summed E-state index contributed by atoms with van der Waals surface area (Å²) in [5.74, 6) is -1.02. The topological polar surface area (TPSA) is 69.6 Å². The molecule has 2 amide bonds. The number of aliphatic carboxylic acids is 1. The fourth-order valence-electron chi connectivity index (χ4n) is 2.61. The molecule has 6 heteroatoms. The van der Waals surface area contributed by atoms with E-state index in [0.29, 0.717) is 11.4 Å². The molecule has 2 rings (SSSR count). The zero-order valence-electron chi connectivity index (χ0n) is 11.5. The van der Waals surface area contributed by atoms with E-state index in [1.807, 2.05) is 5.38 Å². The number of thiophene rings is 1. The van der Waals surface area contributed by atoms with Crippen LogP contribution in [0, 0.1) is 0 Å². The molecule has 1 saturated heterocycles. The number of carbonyl (C=O) groups excluding carboxylic acids is 1. The number of rotatable bonds is 4. The standard InChI is InChI=1S/C14H20N2O3S/c1-2-10-6-3-4-8-16(10)14(19)15-12(13(17)18)11-7-5-9-20-11/h5,7,9-10,12H,2-4,6,8H2,1H3,(H,15,19)(H,17,18). The molecule has 1 fully saturated rings. The molecule has 0 bridgehead atoms. The van der Waals surface area contributed by atoms with Gasteiger partial charge in [-0.3, -0.25) is 0 Å². The zero-order valence-corrected chi connectivity index (χ0v) is 12.4. The maximum absolute atomic E-state index is 12.3. The largest absolute Gasteiger partial charge is 0.479 e. The average Bonchev–Trinajstić information content (AvgIpc) is 2.97. The Kier molecular flexibility index (Phi) is 5.00. The minimum atomic E-state index is -1.02. The molecule has 0 saturated carbocycles. The van der Waals surface area contributed by atoms with Crippen molar-refractivity contribution in [1.29, 1.82) is 0 Å². The third-order valence-electron chi connectivity index (χ3n) is 3.70. The molecule has 0 aromatic carbocycles. The summed E-state index contributed by atoms with van der Waals surface area (Å²) in [6.07, 6.45) is 4.03. The van der Waals surface area contributed by atoms with Gasteiger partial charge < -0.3 is 15.3 Å². The molecule has 2 N–H and O–H groups in total. The number of nitrogens with zero attached hydrogens (tertiary/aromatic N) is 1. The van der Waals surface area contributed by atoms with E-state index in [0.717, 1.165) is 25.7 Å². The van der Waals surface area contributed by atoms with Crippen molar-refractivity contribution in [2.45, 2.75) is 44.7 Å². The van der Waals surface area contributed by atoms with Gasteiger partial charge in [-0.15, -0.1) is 11.3 Å². The van der Waals surface area contributed by atoms with Crippen LogP contribution >= 0.6 is 11.3 Å². The lowest BCUT2D eigenvalue weighted by Crippen LogP contribution is -2.50. The van der Waals surface area contributed by atoms with E-state index < -0.39 is 12.0 Å². The molecule has 1 aliphatic rings. The van der Waals surface area contributed by atoms with Crippen molar-refractivity contribution in [3.05, 3.63) is 22.4 Å². The summed E-state index contributed by atoms with van der Waals surface area (Å²) in [4.78, 5) is 26.1. The van der Waals surface area contributed by atoms with E-state index in [4.69, 9.17) is 0 Å². The minimum absolute atomic E-state index is 0.224. The number of likely N-dealkylation sites (tertiary alicyclic amines) is 1. The average molecular weight is 296 g/mol. The minimum Gasteiger partial charge on any atom is -0.479 e. The van der Waals surface area contributed by atoms with Crippen molar-refractivity contribution in [2.75, 3.05) is 6.54 Å². The highest BCUT2D eigenvalue weighted by molar-refractivity contribution is 7.10. The third-order valence-corrected chi connectivity index (χ3v) is 4.64. The van der Waals surface area contributed by atoms with Gasteiger partial charge >= 0.3 is 12.0 Å². The van der Waals surface area contributed by atoms with Crippen molar-refractivity contribution >= 4 is 23.3 Å². The number of carbonyl (C=O) groups is 2. The van der Waals surface area contributed by atoms with Gasteiger partial charge in [-0.25, -0.2) is 9.59 Å². The van der Waals surface area contributed by atoms with E-state index >= 15 is 0 Å². The maximum atomic E-state index is 12.3. The Morgan fingerprint density at radius 1 is 1.55 bits per heavy atom. The number of carboxylic acid groups (broad SMARTS) is 1. The van der Waals surface area contributed by atoms with E-state index in [2.05, 4.69) is 12.2 Å². The van der Waals surface area contributed by atoms with Gasteiger partial charge in [0.15, 0.2) is 6.04 Å². The summed E-state index contributed by atoms with van der Waals surface area (Å²) in [5, 5.41) is 13.8. The molecule has 20 heavy (non-hydrogen) atoms. The second-order valence-corrected chi connectivity index (χ2v) is 5.97. The summed E-state index contributed by atoms with van der Waals surface area (Å²) in [6.45, 7) is 2.77. The first kappa shape index (κ1) is 14.8. The fourth-order valence-corrected chi connectivity index (χ4v) is 3.38. The number of amides is 2. The van der Waals surface area contributed by atoms with Crippen LogP contribution in [0.4, 0.5) is 4.79 Å². The van der Waals surface area contributed by atoms with Gasteiger partial charge in [-0.1, -0.05) is 13.0 Å². The van der Waals surface area contributed by atoms with Crippen LogP contribution in [0.5, 0.6) is 0 Å². The highest BCUT2D eigenvalue weighted by Gasteiger charge is 2.29. The fraction of sp³-hybridized carbons (Fsp3) is 0.571. The number of hydrogen-bond donors (Lipinski definition) is 2. The van der Waals surface area contributed by atoms with Crippen molar-refractivity contribution in [3.8, 4) is 0 Å². The molecule has 1 aromatic heterocycles. The van der Waals surface area contributed by atoms with Crippen molar-refractivity contribution in [2.24, 2.45) is 0 Å². The number of urea groups is 1. The molecule has 0 spiro atoms. The van der Waals surface area contributed by atoms with Gasteiger partial charge in [0.25, 0.3) is 0 Å². The Labute approximate surface area is 122 Å². The number of carboxylic acids is 1. The molecule has 2 heterocycles. The number of hydrogen-bond acceptors (Lipinski definition) is 3. The third kappa shape index (κ3) is 3.30. The Bertz CT molecular complexity index is 461. The molecule has 5 nitrogen and oxygen atoms in total. The first-order chi connectivity index (χ1) is 9.63. The Hall–Kier alpha value is -1.56. The predicted octanol–water partition coefficient (Wildman–Crippen LogP) is 2.85. The summed E-state index contributed by atoms with van der Waals surface area (Å²) < 4.78 is 0. The van der Waals surface area contributed by atoms with Crippen molar-refractivity contribution in [3.63, 3.8) is 0 Å². The summed E-state index contributed by atoms with van der Waals surface area (Å²) in [5.41, 5.74) is 0. The molecule has 2 atom stereocenters. The van der Waals surface area contributed by atoms with Crippen LogP contribution in [0.25, 0.3) is 0 Å². The first-order valence-corrected chi connectivity index (χ1v) is 7.84. The normalized spacial score (nSPS) is 20.4. The lowest BCUT2D eigenvalue weighted by molar-refractivity contribution is -0.139. The van der Waals surface area contributed by atoms with Gasteiger partial charge in [0, 0.05) is 17.5 Å². The van der Waals surface area contributed by atoms with Gasteiger partial charge in [0.2, 0.25) is 0 Å². The maximum Gasteiger partial charge on any atom is 0.331 e. The molecule has 1 aliphatic heterocycles. The summed E-state index contributed by atoms with van der Waals surface area (Å²) in [6, 6.07) is 2.52. The van der Waals surface area contributed by atoms with Crippen LogP contribution in [0.3, 0.4) is 0 Å². The smallest absolute Gasteiger partial charge is 0.331 e. The van der Waals surface area contributed by atoms with E-state index in [1.165, 1.54) is 11.3 Å². The van der Waals surface area contributed by atoms with Gasteiger partial charge in [0.1, 0.15) is 0 Å². The molecule has 1 aromatic rings. The molecule has 2 unspecified atom stereocenters. The van der Waals surface area contributed by atoms with Gasteiger partial charge in [-0.2, -0.15) is 0 Å². The number of nitrogens with one attached hydrogen (secondary N) is 1. The van der Waals surface area contributed by atoms with E-state index in [1.54, 1.807) is 17.0 Å². The van der Waals surface area contributed by atoms with Crippen LogP contribution in [-0.4, -0.2) is 34.6 Å². The summed E-state index contributed by atoms with van der Waals surface area (Å²) >= 11 is 1.34. The SMILES string of the molecule is CCC1CCCCN1C(=O)NC(C(=O)O)c1cccs1. The summed E-state index contributed by atoms with van der Waals surface area (Å²) in [7, 11) is 0. The Morgan fingerprint density at radius 2 is 2.35 bits per heavy atom. The second-order valence-electron chi connectivity index (χ2n) is 4.99. The van der Waals surface area contributed by atoms with Crippen LogP contribution < -0.4 is 5.32 Å². The van der Waals surface area contributed by atoms with Gasteiger partial charge in [-0.05, 0) is 37.1 Å². The van der Waals surface area contributed by atoms with Crippen LogP contribution in [0.1, 0.15) is 43.5 Å². The quantitative estimate of drug-likeness (QED) is 0.897. The van der Waals surface area contributed by atoms with E-state index in [9.17, 15) is 14.7 Å². The van der Waals surface area contributed by atoms with Crippen LogP contribution in [-0.2, 0) is 4.79 Å². The monoisotopic (exact) mass is 296 g/mol. The Morgan fingerprint density at radius 3 is 2.95 bits per heavy atom. The van der Waals surface area contributed by atoms with Crippen molar-refractivity contribution < 1.29 is 14.7 Å². The molecule has 110 valence electrons. The van der Waals surface area contributed by atoms with Gasteiger partial charge in [0.05, 0.1) is 0 Å². The molecule has 0 aliphatic carbocycles. The lowest BCUT2D eigenvalue weighted by Gasteiger charge is -2.35. The van der Waals surface area contributed by atoms with E-state index in [-0.39, 0.29) is 12.1 Å². The molecular formula is C14H20N2O3S. The van der Waals surface area contributed by atoms with Crippen LogP contribution in [0.2, 0.25) is 0 Å². The first-order valence-electron chi connectivity index (χ1n) is 6.96. The second kappa shape index (κ2) is 6.74. The predicted molar refractivity (Wildman–Crippen MR) is 77.9 cm³/mol. The Balaban J connectivity index is 2.06.